The summed E-state index contributed by atoms with van der Waals surface area (Å²) in [5, 5.41) is 7.56. The summed E-state index contributed by atoms with van der Waals surface area (Å²) >= 11 is 0. The molecule has 3 heterocycles. The number of methoxy groups -OCH3 is 1. The molecule has 1 aliphatic rings. The number of ether oxygens (including phenoxy) is 1. The smallest absolute Gasteiger partial charge is 0.256 e. The Balaban J connectivity index is 1.53. The van der Waals surface area contributed by atoms with Crippen molar-refractivity contribution in [2.45, 2.75) is 31.7 Å². The zero-order valence-electron chi connectivity index (χ0n) is 15.7. The van der Waals surface area contributed by atoms with E-state index in [1.165, 1.54) is 12.4 Å². The number of benzene rings is 1. The number of piperidine rings is 1. The van der Waals surface area contributed by atoms with Crippen molar-refractivity contribution in [3.63, 3.8) is 0 Å². The molecule has 2 aromatic heterocycles. The van der Waals surface area contributed by atoms with Crippen LogP contribution in [0.25, 0.3) is 0 Å². The molecule has 1 saturated heterocycles. The van der Waals surface area contributed by atoms with E-state index in [1.54, 1.807) is 19.4 Å². The van der Waals surface area contributed by atoms with Crippen LogP contribution < -0.4 is 4.74 Å². The third-order valence-corrected chi connectivity index (χ3v) is 4.96. The van der Waals surface area contributed by atoms with Gasteiger partial charge in [0.15, 0.2) is 0 Å². The summed E-state index contributed by atoms with van der Waals surface area (Å²) in [6.07, 6.45) is 8.25. The number of carbonyl (C=O) groups excluding carboxylic acids is 1. The molecule has 0 N–H and O–H groups in total. The van der Waals surface area contributed by atoms with Crippen molar-refractivity contribution in [2.24, 2.45) is 0 Å². The van der Waals surface area contributed by atoms with Crippen LogP contribution in [-0.4, -0.2) is 39.6 Å². The minimum absolute atomic E-state index is 0.0628. The van der Waals surface area contributed by atoms with Crippen LogP contribution in [0.3, 0.4) is 0 Å². The van der Waals surface area contributed by atoms with Gasteiger partial charge in [-0.3, -0.25) is 4.79 Å². The van der Waals surface area contributed by atoms with E-state index >= 15 is 0 Å². The Morgan fingerprint density at radius 1 is 1.25 bits per heavy atom. The quantitative estimate of drug-likeness (QED) is 0.677. The molecule has 4 rings (SSSR count). The van der Waals surface area contributed by atoms with Crippen LogP contribution >= 0.6 is 0 Å². The molecular formula is C21H22N4O3. The number of oxazole rings is 1. The molecule has 1 amide bonds. The van der Waals surface area contributed by atoms with E-state index < -0.39 is 0 Å². The van der Waals surface area contributed by atoms with Gasteiger partial charge in [0.05, 0.1) is 31.3 Å². The molecule has 0 unspecified atom stereocenters. The molecule has 1 aliphatic heterocycles. The van der Waals surface area contributed by atoms with E-state index in [9.17, 15) is 4.79 Å². The zero-order chi connectivity index (χ0) is 19.3. The van der Waals surface area contributed by atoms with E-state index in [0.29, 0.717) is 24.4 Å². The van der Waals surface area contributed by atoms with Crippen LogP contribution in [0.4, 0.5) is 0 Å². The summed E-state index contributed by atoms with van der Waals surface area (Å²) < 4.78 is 11.3. The fourth-order valence-electron chi connectivity index (χ4n) is 3.56. The van der Waals surface area contributed by atoms with Crippen molar-refractivity contribution < 1.29 is 13.9 Å². The standard InChI is InChI=1S/C21H22N4O3/c1-27-17-6-4-5-15(11-17)12-18-14-22-20(28-18)19-7-2-3-10-25(19)21(26)16-8-9-23-24-13-16/h4-6,8-9,11,13-14,19H,2-3,7,10,12H2,1H3/t19-/m1/s1. The van der Waals surface area contributed by atoms with Gasteiger partial charge in [0.25, 0.3) is 5.91 Å². The van der Waals surface area contributed by atoms with Crippen molar-refractivity contribution in [3.05, 3.63) is 71.7 Å². The first-order valence-corrected chi connectivity index (χ1v) is 9.40. The molecule has 1 atom stereocenters. The lowest BCUT2D eigenvalue weighted by molar-refractivity contribution is 0.0569. The van der Waals surface area contributed by atoms with Crippen LogP contribution in [0.1, 0.15) is 52.9 Å². The Labute approximate surface area is 163 Å². The Morgan fingerprint density at radius 2 is 2.18 bits per heavy atom. The van der Waals surface area contributed by atoms with Gasteiger partial charge in [0, 0.05) is 13.0 Å². The molecule has 0 bridgehead atoms. The summed E-state index contributed by atoms with van der Waals surface area (Å²) in [6, 6.07) is 9.40. The molecule has 3 aromatic rings. The maximum Gasteiger partial charge on any atom is 0.256 e. The average Bonchev–Trinajstić information content (AvgIpc) is 3.22. The maximum absolute atomic E-state index is 12.9. The van der Waals surface area contributed by atoms with Gasteiger partial charge in [0.1, 0.15) is 17.6 Å². The van der Waals surface area contributed by atoms with Crippen LogP contribution in [0.15, 0.2) is 53.3 Å². The fraction of sp³-hybridized carbons (Fsp3) is 0.333. The van der Waals surface area contributed by atoms with Crippen molar-refractivity contribution in [1.82, 2.24) is 20.1 Å². The fourth-order valence-corrected chi connectivity index (χ4v) is 3.56. The predicted molar refractivity (Wildman–Crippen MR) is 102 cm³/mol. The number of likely N-dealkylation sites (tertiary alicyclic amines) is 1. The summed E-state index contributed by atoms with van der Waals surface area (Å²) in [4.78, 5) is 19.2. The summed E-state index contributed by atoms with van der Waals surface area (Å²) in [6.45, 7) is 0.680. The summed E-state index contributed by atoms with van der Waals surface area (Å²) in [7, 11) is 1.65. The van der Waals surface area contributed by atoms with Gasteiger partial charge in [-0.1, -0.05) is 12.1 Å². The van der Waals surface area contributed by atoms with Crippen molar-refractivity contribution in [2.75, 3.05) is 13.7 Å². The Kier molecular flexibility index (Phi) is 5.32. The topological polar surface area (TPSA) is 81.4 Å². The molecule has 0 radical (unpaired) electrons. The number of carbonyl (C=O) groups is 1. The predicted octanol–water partition coefficient (Wildman–Crippen LogP) is 3.43. The van der Waals surface area contributed by atoms with Crippen LogP contribution in [-0.2, 0) is 6.42 Å². The second kappa shape index (κ2) is 8.21. The van der Waals surface area contributed by atoms with Gasteiger partial charge in [-0.05, 0) is 43.0 Å². The minimum atomic E-state index is -0.159. The SMILES string of the molecule is COc1cccc(Cc2cnc([C@H]3CCCCN3C(=O)c3ccnnc3)o2)c1. The molecule has 144 valence electrons. The van der Waals surface area contributed by atoms with Gasteiger partial charge >= 0.3 is 0 Å². The number of hydrogen-bond donors (Lipinski definition) is 0. The first-order chi connectivity index (χ1) is 13.7. The van der Waals surface area contributed by atoms with Gasteiger partial charge in [-0.15, -0.1) is 0 Å². The molecule has 28 heavy (non-hydrogen) atoms. The maximum atomic E-state index is 12.9. The highest BCUT2D eigenvalue weighted by Gasteiger charge is 2.32. The number of nitrogens with zero attached hydrogens (tertiary/aromatic N) is 4. The van der Waals surface area contributed by atoms with Gasteiger partial charge in [-0.25, -0.2) is 4.98 Å². The van der Waals surface area contributed by atoms with Crippen molar-refractivity contribution >= 4 is 5.91 Å². The van der Waals surface area contributed by atoms with E-state index in [-0.39, 0.29) is 11.9 Å². The van der Waals surface area contributed by atoms with E-state index in [1.807, 2.05) is 29.2 Å². The molecular weight excluding hydrogens is 356 g/mol. The Morgan fingerprint density at radius 3 is 3.00 bits per heavy atom. The lowest BCUT2D eigenvalue weighted by Gasteiger charge is -2.33. The number of aromatic nitrogens is 3. The Bertz CT molecular complexity index is 942. The molecule has 0 spiro atoms. The van der Waals surface area contributed by atoms with Gasteiger partial charge < -0.3 is 14.1 Å². The van der Waals surface area contributed by atoms with Crippen molar-refractivity contribution in [1.29, 1.82) is 0 Å². The van der Waals surface area contributed by atoms with Crippen LogP contribution in [0.5, 0.6) is 5.75 Å². The van der Waals surface area contributed by atoms with Gasteiger partial charge in [-0.2, -0.15) is 10.2 Å². The summed E-state index contributed by atoms with van der Waals surface area (Å²) in [5.41, 5.74) is 1.62. The van der Waals surface area contributed by atoms with Gasteiger partial charge in [0.2, 0.25) is 5.89 Å². The van der Waals surface area contributed by atoms with Crippen LogP contribution in [0.2, 0.25) is 0 Å². The Hall–Kier alpha value is -3.22. The second-order valence-corrected chi connectivity index (χ2v) is 6.83. The first kappa shape index (κ1) is 18.2. The van der Waals surface area contributed by atoms with E-state index in [0.717, 1.165) is 36.3 Å². The molecule has 0 aliphatic carbocycles. The third-order valence-electron chi connectivity index (χ3n) is 4.96. The summed E-state index contributed by atoms with van der Waals surface area (Å²) in [5.74, 6) is 2.11. The van der Waals surface area contributed by atoms with E-state index in [2.05, 4.69) is 15.2 Å². The van der Waals surface area contributed by atoms with Crippen molar-refractivity contribution in [3.8, 4) is 5.75 Å². The molecule has 0 saturated carbocycles. The normalized spacial score (nSPS) is 16.8. The molecule has 1 aromatic carbocycles. The minimum Gasteiger partial charge on any atom is -0.497 e. The van der Waals surface area contributed by atoms with E-state index in [4.69, 9.17) is 9.15 Å². The zero-order valence-corrected chi connectivity index (χ0v) is 15.7. The number of amides is 1. The highest BCUT2D eigenvalue weighted by Crippen LogP contribution is 2.32. The second-order valence-electron chi connectivity index (χ2n) is 6.83. The average molecular weight is 378 g/mol. The molecule has 7 heteroatoms. The first-order valence-electron chi connectivity index (χ1n) is 9.40. The molecule has 1 fully saturated rings. The number of hydrogen-bond acceptors (Lipinski definition) is 6. The highest BCUT2D eigenvalue weighted by atomic mass is 16.5. The third kappa shape index (κ3) is 3.88. The highest BCUT2D eigenvalue weighted by molar-refractivity contribution is 5.94. The lowest BCUT2D eigenvalue weighted by atomic mass is 10.0. The largest absolute Gasteiger partial charge is 0.497 e. The molecule has 7 nitrogen and oxygen atoms in total. The van der Waals surface area contributed by atoms with Crippen LogP contribution in [0, 0.1) is 0 Å². The number of rotatable bonds is 5. The monoisotopic (exact) mass is 378 g/mol. The lowest BCUT2D eigenvalue weighted by Crippen LogP contribution is -2.38.